The number of piperidine rings is 2. The molecular formula is C24H28N2O3. The lowest BCUT2D eigenvalue weighted by Crippen LogP contribution is -2.55. The number of likely N-dealkylation sites (tertiary alicyclic amines) is 2. The highest BCUT2D eigenvalue weighted by atomic mass is 16.7. The van der Waals surface area contributed by atoms with E-state index in [2.05, 4.69) is 47.1 Å². The van der Waals surface area contributed by atoms with Gasteiger partial charge in [0.25, 0.3) is 0 Å². The number of nitrogens with zero attached hydrogens (tertiary/aromatic N) is 2. The molecule has 2 aromatic carbocycles. The van der Waals surface area contributed by atoms with Gasteiger partial charge in [0, 0.05) is 38.6 Å². The third-order valence-corrected chi connectivity index (χ3v) is 6.54. The maximum Gasteiger partial charge on any atom is 0.231 e. The van der Waals surface area contributed by atoms with E-state index in [1.807, 2.05) is 12.1 Å². The summed E-state index contributed by atoms with van der Waals surface area (Å²) in [6.07, 6.45) is 2.71. The average Bonchev–Trinajstić information content (AvgIpc) is 3.20. The highest BCUT2D eigenvalue weighted by molar-refractivity contribution is 5.77. The second-order valence-electron chi connectivity index (χ2n) is 8.58. The van der Waals surface area contributed by atoms with E-state index in [0.717, 1.165) is 49.5 Å². The zero-order valence-corrected chi connectivity index (χ0v) is 17.0. The van der Waals surface area contributed by atoms with Crippen molar-refractivity contribution in [3.8, 4) is 11.5 Å². The number of carbonyl (C=O) groups is 1. The summed E-state index contributed by atoms with van der Waals surface area (Å²) in [6.45, 7) is 6.18. The normalized spacial score (nSPS) is 23.9. The molecular weight excluding hydrogens is 364 g/mol. The van der Waals surface area contributed by atoms with Gasteiger partial charge in [0.05, 0.1) is 0 Å². The van der Waals surface area contributed by atoms with Crippen molar-refractivity contribution in [2.75, 3.05) is 19.9 Å². The molecule has 2 atom stereocenters. The smallest absolute Gasteiger partial charge is 0.231 e. The lowest BCUT2D eigenvalue weighted by Gasteiger charge is -2.47. The van der Waals surface area contributed by atoms with Crippen molar-refractivity contribution >= 4 is 5.91 Å². The Balaban J connectivity index is 1.26. The largest absolute Gasteiger partial charge is 0.454 e. The Morgan fingerprint density at radius 2 is 1.76 bits per heavy atom. The number of fused-ring (bicyclic) bond motifs is 2. The van der Waals surface area contributed by atoms with Gasteiger partial charge in [-0.3, -0.25) is 9.69 Å². The molecule has 5 rings (SSSR count). The molecule has 5 nitrogen and oxygen atoms in total. The predicted molar refractivity (Wildman–Crippen MR) is 111 cm³/mol. The summed E-state index contributed by atoms with van der Waals surface area (Å²) in [5.74, 6) is 2.43. The molecule has 0 saturated carbocycles. The van der Waals surface area contributed by atoms with Gasteiger partial charge in [-0.25, -0.2) is 0 Å². The number of hydrogen-bond donors (Lipinski definition) is 0. The second-order valence-corrected chi connectivity index (χ2v) is 8.58. The lowest BCUT2D eigenvalue weighted by molar-refractivity contribution is -0.142. The first-order valence-corrected chi connectivity index (χ1v) is 10.6. The number of amides is 1. The fourth-order valence-electron chi connectivity index (χ4n) is 4.96. The van der Waals surface area contributed by atoms with Crippen LogP contribution in [0.5, 0.6) is 11.5 Å². The molecule has 29 heavy (non-hydrogen) atoms. The average molecular weight is 392 g/mol. The molecule has 0 bridgehead atoms. The maximum atomic E-state index is 12.7. The zero-order chi connectivity index (χ0) is 19.8. The van der Waals surface area contributed by atoms with Crippen molar-refractivity contribution < 1.29 is 14.3 Å². The molecule has 152 valence electrons. The van der Waals surface area contributed by atoms with E-state index in [1.165, 1.54) is 11.1 Å². The van der Waals surface area contributed by atoms with Crippen LogP contribution in [0.3, 0.4) is 0 Å². The highest BCUT2D eigenvalue weighted by Gasteiger charge is 2.39. The van der Waals surface area contributed by atoms with Crippen molar-refractivity contribution in [2.24, 2.45) is 5.92 Å². The third-order valence-electron chi connectivity index (χ3n) is 6.54. The first-order chi connectivity index (χ1) is 14.2. The second kappa shape index (κ2) is 7.71. The fraction of sp³-hybridized carbons (Fsp3) is 0.458. The van der Waals surface area contributed by atoms with Crippen LogP contribution in [0.2, 0.25) is 0 Å². The van der Waals surface area contributed by atoms with E-state index in [-0.39, 0.29) is 12.7 Å². The Kier molecular flexibility index (Phi) is 4.92. The van der Waals surface area contributed by atoms with Gasteiger partial charge in [0.15, 0.2) is 11.5 Å². The van der Waals surface area contributed by atoms with Gasteiger partial charge in [-0.1, -0.05) is 35.9 Å². The number of benzene rings is 2. The molecule has 0 unspecified atom stereocenters. The minimum atomic E-state index is 0.281. The molecule has 3 heterocycles. The standard InChI is InChI=1S/C24H28N2O3/c1-17-2-4-18(5-3-17)13-25-11-10-21-20(15-25)7-9-24(27)26(21)14-19-6-8-22-23(12-19)29-16-28-22/h2-6,8,12,20-21H,7,9-11,13-16H2,1H3/t20-,21+/m1/s1. The van der Waals surface area contributed by atoms with Crippen LogP contribution in [-0.4, -0.2) is 41.6 Å². The summed E-state index contributed by atoms with van der Waals surface area (Å²) in [7, 11) is 0. The lowest BCUT2D eigenvalue weighted by atomic mass is 9.83. The molecule has 2 aromatic rings. The van der Waals surface area contributed by atoms with Gasteiger partial charge in [0.2, 0.25) is 12.7 Å². The first kappa shape index (κ1) is 18.5. The van der Waals surface area contributed by atoms with Crippen LogP contribution in [0.1, 0.15) is 36.0 Å². The van der Waals surface area contributed by atoms with Gasteiger partial charge in [-0.15, -0.1) is 0 Å². The van der Waals surface area contributed by atoms with E-state index in [0.29, 0.717) is 24.9 Å². The van der Waals surface area contributed by atoms with Gasteiger partial charge >= 0.3 is 0 Å². The monoisotopic (exact) mass is 392 g/mol. The minimum Gasteiger partial charge on any atom is -0.454 e. The van der Waals surface area contributed by atoms with E-state index >= 15 is 0 Å². The molecule has 0 N–H and O–H groups in total. The van der Waals surface area contributed by atoms with Crippen LogP contribution in [-0.2, 0) is 17.9 Å². The van der Waals surface area contributed by atoms with Crippen LogP contribution in [0.25, 0.3) is 0 Å². The fourth-order valence-corrected chi connectivity index (χ4v) is 4.96. The summed E-state index contributed by atoms with van der Waals surface area (Å²) in [5.41, 5.74) is 3.79. The van der Waals surface area contributed by atoms with Crippen LogP contribution in [0, 0.1) is 12.8 Å². The first-order valence-electron chi connectivity index (χ1n) is 10.6. The third kappa shape index (κ3) is 3.84. The summed E-state index contributed by atoms with van der Waals surface area (Å²) in [4.78, 5) is 17.4. The summed E-state index contributed by atoms with van der Waals surface area (Å²) >= 11 is 0. The number of ether oxygens (including phenoxy) is 2. The molecule has 0 spiro atoms. The van der Waals surface area contributed by atoms with Crippen molar-refractivity contribution in [3.05, 3.63) is 59.2 Å². The minimum absolute atomic E-state index is 0.281. The molecule has 5 heteroatoms. The van der Waals surface area contributed by atoms with Crippen molar-refractivity contribution in [1.82, 2.24) is 9.80 Å². The Bertz CT molecular complexity index is 895. The number of rotatable bonds is 4. The molecule has 2 fully saturated rings. The van der Waals surface area contributed by atoms with Crippen molar-refractivity contribution in [3.63, 3.8) is 0 Å². The molecule has 3 aliphatic rings. The molecule has 0 aliphatic carbocycles. The molecule has 3 aliphatic heterocycles. The molecule has 0 radical (unpaired) electrons. The van der Waals surface area contributed by atoms with Crippen molar-refractivity contribution in [2.45, 2.75) is 45.3 Å². The summed E-state index contributed by atoms with van der Waals surface area (Å²) < 4.78 is 10.9. The van der Waals surface area contributed by atoms with Gasteiger partial charge < -0.3 is 14.4 Å². The highest BCUT2D eigenvalue weighted by Crippen LogP contribution is 2.36. The maximum absolute atomic E-state index is 12.7. The zero-order valence-electron chi connectivity index (χ0n) is 17.0. The number of aryl methyl sites for hydroxylation is 1. The molecule has 2 saturated heterocycles. The van der Waals surface area contributed by atoms with Crippen LogP contribution >= 0.6 is 0 Å². The van der Waals surface area contributed by atoms with Gasteiger partial charge in [-0.05, 0) is 48.9 Å². The van der Waals surface area contributed by atoms with Crippen molar-refractivity contribution in [1.29, 1.82) is 0 Å². The SMILES string of the molecule is Cc1ccc(CN2CC[C@H]3[C@H](CCC(=O)N3Cc3ccc4c(c3)OCO4)C2)cc1. The van der Waals surface area contributed by atoms with Crippen LogP contribution in [0.15, 0.2) is 42.5 Å². The Morgan fingerprint density at radius 3 is 2.62 bits per heavy atom. The number of carbonyl (C=O) groups excluding carboxylic acids is 1. The summed E-state index contributed by atoms with van der Waals surface area (Å²) in [6, 6.07) is 15.2. The topological polar surface area (TPSA) is 42.0 Å². The van der Waals surface area contributed by atoms with Gasteiger partial charge in [0.1, 0.15) is 0 Å². The van der Waals surface area contributed by atoms with Crippen LogP contribution < -0.4 is 9.47 Å². The Hall–Kier alpha value is -2.53. The number of hydrogen-bond acceptors (Lipinski definition) is 4. The summed E-state index contributed by atoms with van der Waals surface area (Å²) in [5, 5.41) is 0. The van der Waals surface area contributed by atoms with Crippen LogP contribution in [0.4, 0.5) is 0 Å². The van der Waals surface area contributed by atoms with E-state index in [4.69, 9.17) is 9.47 Å². The Morgan fingerprint density at radius 1 is 0.966 bits per heavy atom. The predicted octanol–water partition coefficient (Wildman–Crippen LogP) is 3.74. The van der Waals surface area contributed by atoms with E-state index < -0.39 is 0 Å². The molecule has 1 amide bonds. The Labute approximate surface area is 172 Å². The van der Waals surface area contributed by atoms with E-state index in [9.17, 15) is 4.79 Å². The quantitative estimate of drug-likeness (QED) is 0.795. The van der Waals surface area contributed by atoms with Gasteiger partial charge in [-0.2, -0.15) is 0 Å². The van der Waals surface area contributed by atoms with E-state index in [1.54, 1.807) is 0 Å². The molecule has 0 aromatic heterocycles.